The normalized spacial score (nSPS) is 21.8. The molecule has 1 saturated heterocycles. The van der Waals surface area contributed by atoms with E-state index in [1.54, 1.807) is 4.90 Å². The van der Waals surface area contributed by atoms with Gasteiger partial charge in [0.1, 0.15) is 6.61 Å². The molecule has 2 aliphatic rings. The Hall–Kier alpha value is -1.58. The molecule has 166 valence electrons. The van der Waals surface area contributed by atoms with Crippen molar-refractivity contribution < 1.29 is 24.5 Å². The average molecular weight is 455 g/mol. The van der Waals surface area contributed by atoms with Gasteiger partial charge in [0.05, 0.1) is 12.1 Å². The number of carbonyl (C=O) groups excluding carboxylic acids is 1. The monoisotopic (exact) mass is 454 g/mol. The number of cyclic esters (lactones) is 1. The summed E-state index contributed by atoms with van der Waals surface area (Å²) in [6.45, 7) is 5.17. The van der Waals surface area contributed by atoms with Crippen LogP contribution in [0.15, 0.2) is 21.9 Å². The van der Waals surface area contributed by atoms with Gasteiger partial charge in [-0.05, 0) is 30.6 Å². The van der Waals surface area contributed by atoms with Crippen LogP contribution in [0.4, 0.5) is 4.79 Å². The number of rotatable bonds is 11. The summed E-state index contributed by atoms with van der Waals surface area (Å²) in [5.74, 6) is 0.173. The van der Waals surface area contributed by atoms with Crippen molar-refractivity contribution in [2.24, 2.45) is 11.3 Å². The third kappa shape index (κ3) is 5.56. The van der Waals surface area contributed by atoms with E-state index in [2.05, 4.69) is 18.8 Å². The Labute approximate surface area is 185 Å². The minimum absolute atomic E-state index is 0.0163. The van der Waals surface area contributed by atoms with E-state index in [0.29, 0.717) is 22.6 Å². The predicted molar refractivity (Wildman–Crippen MR) is 117 cm³/mol. The quantitative estimate of drug-likeness (QED) is 0.380. The van der Waals surface area contributed by atoms with E-state index in [4.69, 9.17) is 9.84 Å². The van der Waals surface area contributed by atoms with Gasteiger partial charge in [0.15, 0.2) is 10.0 Å². The van der Waals surface area contributed by atoms with Crippen LogP contribution in [0.3, 0.4) is 0 Å². The maximum absolute atomic E-state index is 12.1. The molecule has 1 aromatic heterocycles. The van der Waals surface area contributed by atoms with Crippen molar-refractivity contribution in [3.05, 3.63) is 23.2 Å². The fourth-order valence-electron chi connectivity index (χ4n) is 3.87. The summed E-state index contributed by atoms with van der Waals surface area (Å²) < 4.78 is 5.87. The van der Waals surface area contributed by atoms with E-state index in [1.807, 2.05) is 12.2 Å². The second kappa shape index (κ2) is 10.2. The largest absolute Gasteiger partial charge is 0.476 e. The SMILES string of the molecule is CC(C)CCC1([C@H](O)C=C[C@H]2COC(=O)N2CCSc2nc(C(=O)O)cs2)CCC1. The number of aliphatic hydroxyl groups excluding tert-OH is 1. The van der Waals surface area contributed by atoms with E-state index < -0.39 is 12.1 Å². The van der Waals surface area contributed by atoms with E-state index in [0.717, 1.165) is 32.1 Å². The van der Waals surface area contributed by atoms with Gasteiger partial charge in [-0.1, -0.05) is 50.6 Å². The number of amides is 1. The number of hydrogen-bond acceptors (Lipinski definition) is 7. The lowest BCUT2D eigenvalue weighted by atomic mass is 9.62. The number of carbonyl (C=O) groups is 2. The van der Waals surface area contributed by atoms with Gasteiger partial charge in [0, 0.05) is 17.7 Å². The third-order valence-electron chi connectivity index (χ3n) is 5.98. The number of ether oxygens (including phenoxy) is 1. The Morgan fingerprint density at radius 1 is 1.50 bits per heavy atom. The van der Waals surface area contributed by atoms with Crippen LogP contribution in [-0.2, 0) is 4.74 Å². The maximum atomic E-state index is 12.1. The molecule has 0 bridgehead atoms. The number of carboxylic acid groups (broad SMARTS) is 1. The van der Waals surface area contributed by atoms with Gasteiger partial charge < -0.3 is 14.9 Å². The molecule has 1 aromatic rings. The zero-order chi connectivity index (χ0) is 21.7. The molecule has 0 spiro atoms. The molecular weight excluding hydrogens is 424 g/mol. The van der Waals surface area contributed by atoms with Crippen LogP contribution < -0.4 is 0 Å². The Morgan fingerprint density at radius 3 is 2.87 bits per heavy atom. The minimum atomic E-state index is -1.04. The molecule has 1 amide bonds. The number of nitrogens with zero attached hydrogens (tertiary/aromatic N) is 2. The molecule has 1 aliphatic heterocycles. The molecule has 0 radical (unpaired) electrons. The summed E-state index contributed by atoms with van der Waals surface area (Å²) in [6.07, 6.45) is 8.31. The highest BCUT2D eigenvalue weighted by Crippen LogP contribution is 2.48. The van der Waals surface area contributed by atoms with Crippen LogP contribution in [0.5, 0.6) is 0 Å². The van der Waals surface area contributed by atoms with Gasteiger partial charge in [0.2, 0.25) is 0 Å². The lowest BCUT2D eigenvalue weighted by molar-refractivity contribution is -0.0164. The molecule has 9 heteroatoms. The third-order valence-corrected chi connectivity index (χ3v) is 7.99. The number of thiazole rings is 1. The van der Waals surface area contributed by atoms with E-state index in [9.17, 15) is 14.7 Å². The van der Waals surface area contributed by atoms with Crippen LogP contribution in [0.1, 0.15) is 56.4 Å². The molecule has 2 heterocycles. The molecule has 2 N–H and O–H groups in total. The van der Waals surface area contributed by atoms with E-state index in [-0.39, 0.29) is 29.9 Å². The summed E-state index contributed by atoms with van der Waals surface area (Å²) in [4.78, 5) is 28.7. The smallest absolute Gasteiger partial charge is 0.410 e. The van der Waals surface area contributed by atoms with Crippen molar-refractivity contribution in [3.8, 4) is 0 Å². The van der Waals surface area contributed by atoms with Gasteiger partial charge in [-0.25, -0.2) is 14.6 Å². The molecule has 7 nitrogen and oxygen atoms in total. The Bertz CT molecular complexity index is 775. The topological polar surface area (TPSA) is 100.0 Å². The van der Waals surface area contributed by atoms with Crippen molar-refractivity contribution in [1.82, 2.24) is 9.88 Å². The Kier molecular flexibility index (Phi) is 7.81. The van der Waals surface area contributed by atoms with Crippen LogP contribution in [0, 0.1) is 11.3 Å². The Morgan fingerprint density at radius 2 is 2.27 bits per heavy atom. The lowest BCUT2D eigenvalue weighted by Gasteiger charge is -2.45. The molecule has 0 unspecified atom stereocenters. The first-order valence-electron chi connectivity index (χ1n) is 10.4. The standard InChI is InChI=1S/C21H30N2O5S2/c1-14(2)6-9-21(7-3-8-21)17(24)5-4-15-12-28-20(27)23(15)10-11-29-19-22-16(13-30-19)18(25)26/h4-5,13-15,17,24H,3,6-12H2,1-2H3,(H,25,26)/t15-,17+/m0/s1. The fourth-order valence-corrected chi connectivity index (χ4v) is 5.68. The van der Waals surface area contributed by atoms with Gasteiger partial charge in [-0.2, -0.15) is 0 Å². The van der Waals surface area contributed by atoms with Crippen LogP contribution >= 0.6 is 23.1 Å². The summed E-state index contributed by atoms with van der Waals surface area (Å²) in [5.41, 5.74) is 0.0257. The lowest BCUT2D eigenvalue weighted by Crippen LogP contribution is -2.41. The molecule has 3 rings (SSSR count). The summed E-state index contributed by atoms with van der Waals surface area (Å²) in [7, 11) is 0. The van der Waals surface area contributed by atoms with Crippen LogP contribution in [0.2, 0.25) is 0 Å². The fraction of sp³-hybridized carbons (Fsp3) is 0.667. The van der Waals surface area contributed by atoms with Crippen LogP contribution in [0.25, 0.3) is 0 Å². The molecule has 1 aliphatic carbocycles. The summed E-state index contributed by atoms with van der Waals surface area (Å²) in [6, 6.07) is -0.194. The minimum Gasteiger partial charge on any atom is -0.476 e. The van der Waals surface area contributed by atoms with Gasteiger partial charge in [0.25, 0.3) is 0 Å². The van der Waals surface area contributed by atoms with Gasteiger partial charge >= 0.3 is 12.1 Å². The van der Waals surface area contributed by atoms with E-state index in [1.165, 1.54) is 28.5 Å². The number of carboxylic acids is 1. The first-order valence-corrected chi connectivity index (χ1v) is 12.3. The molecule has 2 atom stereocenters. The first-order chi connectivity index (χ1) is 14.3. The van der Waals surface area contributed by atoms with Crippen molar-refractivity contribution in [3.63, 3.8) is 0 Å². The molecular formula is C21H30N2O5S2. The number of aromatic nitrogens is 1. The van der Waals surface area contributed by atoms with Gasteiger partial charge in [-0.15, -0.1) is 11.3 Å². The molecule has 2 fully saturated rings. The van der Waals surface area contributed by atoms with E-state index >= 15 is 0 Å². The van der Waals surface area contributed by atoms with Gasteiger partial charge in [-0.3, -0.25) is 4.90 Å². The average Bonchev–Trinajstić information content (AvgIpc) is 3.26. The highest BCUT2D eigenvalue weighted by atomic mass is 32.2. The predicted octanol–water partition coefficient (Wildman–Crippen LogP) is 4.28. The number of thioether (sulfide) groups is 1. The van der Waals surface area contributed by atoms with Crippen LogP contribution in [-0.4, -0.2) is 63.2 Å². The zero-order valence-electron chi connectivity index (χ0n) is 17.5. The maximum Gasteiger partial charge on any atom is 0.410 e. The number of hydrogen-bond donors (Lipinski definition) is 2. The van der Waals surface area contributed by atoms with Crippen molar-refractivity contribution in [2.45, 2.75) is 62.4 Å². The highest BCUT2D eigenvalue weighted by Gasteiger charge is 2.42. The molecule has 1 saturated carbocycles. The first kappa shape index (κ1) is 23.1. The van der Waals surface area contributed by atoms with Crippen molar-refractivity contribution in [1.29, 1.82) is 0 Å². The molecule has 0 aromatic carbocycles. The summed E-state index contributed by atoms with van der Waals surface area (Å²) >= 11 is 2.70. The molecule has 30 heavy (non-hydrogen) atoms. The van der Waals surface area contributed by atoms with Crippen molar-refractivity contribution >= 4 is 35.2 Å². The zero-order valence-corrected chi connectivity index (χ0v) is 19.1. The number of aliphatic hydroxyl groups is 1. The summed E-state index contributed by atoms with van der Waals surface area (Å²) in [5, 5.41) is 21.3. The van der Waals surface area contributed by atoms with Crippen molar-refractivity contribution in [2.75, 3.05) is 18.9 Å². The second-order valence-electron chi connectivity index (χ2n) is 8.47. The second-order valence-corrected chi connectivity index (χ2v) is 10.7. The Balaban J connectivity index is 1.52. The number of aromatic carboxylic acids is 1. The highest BCUT2D eigenvalue weighted by molar-refractivity contribution is 8.01.